The monoisotopic (exact) mass is 313 g/mol. The van der Waals surface area contributed by atoms with E-state index in [1.165, 1.54) is 12.8 Å². The van der Waals surface area contributed by atoms with E-state index < -0.39 is 6.04 Å². The van der Waals surface area contributed by atoms with Crippen LogP contribution in [0, 0.1) is 16.0 Å². The molecule has 0 heterocycles. The summed E-state index contributed by atoms with van der Waals surface area (Å²) in [5.41, 5.74) is 0.734. The van der Waals surface area contributed by atoms with Crippen LogP contribution in [0.25, 0.3) is 10.8 Å². The van der Waals surface area contributed by atoms with E-state index in [4.69, 9.17) is 4.74 Å². The Hall–Kier alpha value is -2.10. The maximum absolute atomic E-state index is 10.9. The van der Waals surface area contributed by atoms with Crippen LogP contribution in [-0.2, 0) is 0 Å². The third-order valence-electron chi connectivity index (χ3n) is 4.90. The molecule has 1 saturated carbocycles. The molecule has 1 aliphatic carbocycles. The van der Waals surface area contributed by atoms with Gasteiger partial charge in [-0.1, -0.05) is 25.1 Å². The molecule has 0 bridgehead atoms. The number of hydrogen-bond donors (Lipinski definition) is 0. The maximum atomic E-state index is 10.9. The molecule has 0 aromatic heterocycles. The molecule has 0 amide bonds. The van der Waals surface area contributed by atoms with Gasteiger partial charge < -0.3 is 4.74 Å². The van der Waals surface area contributed by atoms with Gasteiger partial charge in [0.2, 0.25) is 6.04 Å². The van der Waals surface area contributed by atoms with Gasteiger partial charge >= 0.3 is 0 Å². The Morgan fingerprint density at radius 1 is 1.09 bits per heavy atom. The van der Waals surface area contributed by atoms with Crippen LogP contribution in [0.2, 0.25) is 0 Å². The van der Waals surface area contributed by atoms with E-state index in [-0.39, 0.29) is 4.92 Å². The van der Waals surface area contributed by atoms with Crippen molar-refractivity contribution in [1.29, 1.82) is 0 Å². The van der Waals surface area contributed by atoms with Gasteiger partial charge in [0.05, 0.1) is 6.10 Å². The second-order valence-corrected chi connectivity index (χ2v) is 6.73. The van der Waals surface area contributed by atoms with Crippen LogP contribution in [0.4, 0.5) is 0 Å². The van der Waals surface area contributed by atoms with E-state index in [2.05, 4.69) is 6.92 Å². The smallest absolute Gasteiger partial charge is 0.235 e. The molecule has 1 unspecified atom stereocenters. The molecule has 1 fully saturated rings. The zero-order valence-electron chi connectivity index (χ0n) is 13.7. The van der Waals surface area contributed by atoms with Crippen LogP contribution < -0.4 is 4.74 Å². The first-order valence-electron chi connectivity index (χ1n) is 8.37. The van der Waals surface area contributed by atoms with Crippen LogP contribution in [0.15, 0.2) is 36.4 Å². The number of hydrogen-bond acceptors (Lipinski definition) is 3. The highest BCUT2D eigenvalue weighted by atomic mass is 16.6. The molecule has 1 aliphatic rings. The highest BCUT2D eigenvalue weighted by molar-refractivity contribution is 5.84. The Morgan fingerprint density at radius 3 is 2.43 bits per heavy atom. The molecular weight excluding hydrogens is 290 g/mol. The van der Waals surface area contributed by atoms with Gasteiger partial charge in [0, 0.05) is 17.4 Å². The molecule has 4 nitrogen and oxygen atoms in total. The lowest BCUT2D eigenvalue weighted by molar-refractivity contribution is -0.524. The van der Waals surface area contributed by atoms with E-state index in [1.807, 2.05) is 36.4 Å². The van der Waals surface area contributed by atoms with Gasteiger partial charge in [-0.05, 0) is 60.6 Å². The molecule has 1 atom stereocenters. The number of benzene rings is 2. The number of fused-ring (bicyclic) bond motifs is 1. The molecule has 2 aromatic carbocycles. The highest BCUT2D eigenvalue weighted by Gasteiger charge is 2.20. The third kappa shape index (κ3) is 3.63. The van der Waals surface area contributed by atoms with Crippen LogP contribution in [0.5, 0.6) is 5.75 Å². The molecule has 2 aromatic rings. The fourth-order valence-electron chi connectivity index (χ4n) is 3.24. The summed E-state index contributed by atoms with van der Waals surface area (Å²) in [5.74, 6) is 1.71. The van der Waals surface area contributed by atoms with Crippen molar-refractivity contribution in [3.05, 3.63) is 52.1 Å². The van der Waals surface area contributed by atoms with E-state index in [1.54, 1.807) is 6.92 Å². The fourth-order valence-corrected chi connectivity index (χ4v) is 3.24. The molecule has 4 heteroatoms. The second-order valence-electron chi connectivity index (χ2n) is 6.73. The number of ether oxygens (including phenoxy) is 1. The molecule has 0 spiro atoms. The van der Waals surface area contributed by atoms with Gasteiger partial charge in [0.1, 0.15) is 5.75 Å². The summed E-state index contributed by atoms with van der Waals surface area (Å²) >= 11 is 0. The van der Waals surface area contributed by atoms with Crippen molar-refractivity contribution in [3.8, 4) is 5.75 Å². The van der Waals surface area contributed by atoms with Gasteiger partial charge in [-0.3, -0.25) is 10.1 Å². The highest BCUT2D eigenvalue weighted by Crippen LogP contribution is 2.30. The lowest BCUT2D eigenvalue weighted by atomic mass is 9.89. The van der Waals surface area contributed by atoms with Gasteiger partial charge in [0.15, 0.2) is 0 Å². The topological polar surface area (TPSA) is 52.4 Å². The SMILES string of the molecule is CC(c1ccc2cc(O[C@H]3CC[C@@H](C)CC3)ccc2c1)[N+](=O)[O-]. The second kappa shape index (κ2) is 6.57. The Labute approximate surface area is 136 Å². The zero-order valence-corrected chi connectivity index (χ0v) is 13.7. The number of nitro groups is 1. The molecule has 0 aliphatic heterocycles. The van der Waals surface area contributed by atoms with E-state index in [0.29, 0.717) is 6.10 Å². The van der Waals surface area contributed by atoms with Crippen LogP contribution >= 0.6 is 0 Å². The van der Waals surface area contributed by atoms with Crippen molar-refractivity contribution in [2.75, 3.05) is 0 Å². The molecule has 0 saturated heterocycles. The first-order chi connectivity index (χ1) is 11.0. The zero-order chi connectivity index (χ0) is 16.4. The summed E-state index contributed by atoms with van der Waals surface area (Å²) in [6.07, 6.45) is 5.04. The Morgan fingerprint density at radius 2 is 1.74 bits per heavy atom. The Kier molecular flexibility index (Phi) is 4.51. The van der Waals surface area contributed by atoms with Gasteiger partial charge in [-0.2, -0.15) is 0 Å². The summed E-state index contributed by atoms with van der Waals surface area (Å²) in [6, 6.07) is 11.0. The standard InChI is InChI=1S/C19H23NO3/c1-13-3-8-18(9-4-13)23-19-10-7-16-11-15(14(2)20(21)22)5-6-17(16)12-19/h5-7,10-14,18H,3-4,8-9H2,1-2H3/t13-,14?,18+. The van der Waals surface area contributed by atoms with Crippen molar-refractivity contribution < 1.29 is 9.66 Å². The molecule has 122 valence electrons. The van der Waals surface area contributed by atoms with E-state index >= 15 is 0 Å². The lowest BCUT2D eigenvalue weighted by Gasteiger charge is -2.27. The number of rotatable bonds is 4. The summed E-state index contributed by atoms with van der Waals surface area (Å²) in [6.45, 7) is 3.92. The molecule has 0 N–H and O–H groups in total. The average Bonchev–Trinajstić information content (AvgIpc) is 2.55. The predicted octanol–water partition coefficient (Wildman–Crippen LogP) is 5.14. The average molecular weight is 313 g/mol. The van der Waals surface area contributed by atoms with Crippen molar-refractivity contribution in [3.63, 3.8) is 0 Å². The minimum absolute atomic E-state index is 0.261. The molecular formula is C19H23NO3. The summed E-state index contributed by atoms with van der Waals surface area (Å²) < 4.78 is 6.12. The third-order valence-corrected chi connectivity index (χ3v) is 4.90. The normalized spacial score (nSPS) is 22.7. The van der Waals surface area contributed by atoms with Crippen LogP contribution in [-0.4, -0.2) is 11.0 Å². The fraction of sp³-hybridized carbons (Fsp3) is 0.474. The minimum atomic E-state index is -0.681. The van der Waals surface area contributed by atoms with Gasteiger partial charge in [0.25, 0.3) is 0 Å². The Balaban J connectivity index is 1.77. The number of nitrogens with zero attached hydrogens (tertiary/aromatic N) is 1. The summed E-state index contributed by atoms with van der Waals surface area (Å²) in [7, 11) is 0. The summed E-state index contributed by atoms with van der Waals surface area (Å²) in [4.78, 5) is 10.7. The minimum Gasteiger partial charge on any atom is -0.490 e. The predicted molar refractivity (Wildman–Crippen MR) is 91.4 cm³/mol. The molecule has 0 radical (unpaired) electrons. The van der Waals surface area contributed by atoms with Crippen molar-refractivity contribution in [2.45, 2.75) is 51.7 Å². The Bertz CT molecular complexity index is 705. The van der Waals surface area contributed by atoms with Gasteiger partial charge in [-0.25, -0.2) is 0 Å². The first kappa shape index (κ1) is 15.8. The van der Waals surface area contributed by atoms with Crippen LogP contribution in [0.3, 0.4) is 0 Å². The molecule has 3 rings (SSSR count). The van der Waals surface area contributed by atoms with Crippen molar-refractivity contribution in [1.82, 2.24) is 0 Å². The van der Waals surface area contributed by atoms with E-state index in [9.17, 15) is 10.1 Å². The maximum Gasteiger partial charge on any atom is 0.235 e. The molecule has 23 heavy (non-hydrogen) atoms. The van der Waals surface area contributed by atoms with Crippen molar-refractivity contribution >= 4 is 10.8 Å². The first-order valence-corrected chi connectivity index (χ1v) is 8.37. The van der Waals surface area contributed by atoms with Crippen molar-refractivity contribution in [2.24, 2.45) is 5.92 Å². The largest absolute Gasteiger partial charge is 0.490 e. The van der Waals surface area contributed by atoms with Crippen LogP contribution in [0.1, 0.15) is 51.1 Å². The van der Waals surface area contributed by atoms with E-state index in [0.717, 1.165) is 40.8 Å². The van der Waals surface area contributed by atoms with Gasteiger partial charge in [-0.15, -0.1) is 0 Å². The quantitative estimate of drug-likeness (QED) is 0.580. The summed E-state index contributed by atoms with van der Waals surface area (Å²) in [5, 5.41) is 13.0. The lowest BCUT2D eigenvalue weighted by Crippen LogP contribution is -2.22.